The van der Waals surface area contributed by atoms with Crippen LogP contribution in [0, 0.1) is 0 Å². The number of rotatable bonds is 5. The van der Waals surface area contributed by atoms with Gasteiger partial charge in [0.2, 0.25) is 0 Å². The van der Waals surface area contributed by atoms with E-state index in [4.69, 9.17) is 4.74 Å². The summed E-state index contributed by atoms with van der Waals surface area (Å²) >= 11 is 0. The molecule has 22 heavy (non-hydrogen) atoms. The minimum Gasteiger partial charge on any atom is -0.497 e. The molecule has 2 heteroatoms. The molecule has 0 fully saturated rings. The predicted molar refractivity (Wildman–Crippen MR) is 90.1 cm³/mol. The van der Waals surface area contributed by atoms with Crippen LogP contribution in [0.3, 0.4) is 0 Å². The lowest BCUT2D eigenvalue weighted by atomic mass is 10.0. The Kier molecular flexibility index (Phi) is 4.50. The lowest BCUT2D eigenvalue weighted by molar-refractivity contribution is 0.414. The third-order valence-corrected chi connectivity index (χ3v) is 3.75. The first-order valence-electron chi connectivity index (χ1n) is 7.48. The Labute approximate surface area is 131 Å². The first kappa shape index (κ1) is 14.3. The fraction of sp³-hybridized carbons (Fsp3) is 0.150. The first-order valence-corrected chi connectivity index (χ1v) is 7.48. The summed E-state index contributed by atoms with van der Waals surface area (Å²) in [6, 6.07) is 22.9. The number of hydrogen-bond donors (Lipinski definition) is 0. The normalized spacial score (nSPS) is 10.4. The van der Waals surface area contributed by atoms with Crippen LogP contribution in [0.15, 0.2) is 72.9 Å². The summed E-state index contributed by atoms with van der Waals surface area (Å²) in [6.07, 6.45) is 3.88. The van der Waals surface area contributed by atoms with Gasteiger partial charge in [0.25, 0.3) is 0 Å². The lowest BCUT2D eigenvalue weighted by Crippen LogP contribution is -1.93. The van der Waals surface area contributed by atoms with E-state index in [9.17, 15) is 0 Å². The number of benzene rings is 2. The Morgan fingerprint density at radius 1 is 0.818 bits per heavy atom. The molecule has 0 saturated carbocycles. The van der Waals surface area contributed by atoms with Gasteiger partial charge in [-0.3, -0.25) is 4.98 Å². The van der Waals surface area contributed by atoms with Crippen molar-refractivity contribution in [3.8, 4) is 17.0 Å². The quantitative estimate of drug-likeness (QED) is 0.688. The molecule has 2 aromatic carbocycles. The maximum Gasteiger partial charge on any atom is 0.118 e. The van der Waals surface area contributed by atoms with Gasteiger partial charge in [-0.25, -0.2) is 0 Å². The molecule has 110 valence electrons. The topological polar surface area (TPSA) is 22.1 Å². The van der Waals surface area contributed by atoms with Crippen LogP contribution in [0.25, 0.3) is 11.3 Å². The molecular weight excluding hydrogens is 270 g/mol. The van der Waals surface area contributed by atoms with Crippen LogP contribution in [0.2, 0.25) is 0 Å². The summed E-state index contributed by atoms with van der Waals surface area (Å²) in [5, 5.41) is 0. The highest BCUT2D eigenvalue weighted by molar-refractivity contribution is 5.59. The second kappa shape index (κ2) is 6.90. The molecule has 0 amide bonds. The van der Waals surface area contributed by atoms with E-state index in [1.807, 2.05) is 36.5 Å². The van der Waals surface area contributed by atoms with E-state index in [-0.39, 0.29) is 0 Å². The molecule has 0 unspecified atom stereocenters. The lowest BCUT2D eigenvalue weighted by Gasteiger charge is -2.06. The minimum absolute atomic E-state index is 0.904. The summed E-state index contributed by atoms with van der Waals surface area (Å²) in [7, 11) is 1.69. The zero-order valence-corrected chi connectivity index (χ0v) is 12.7. The second-order valence-corrected chi connectivity index (χ2v) is 5.26. The van der Waals surface area contributed by atoms with Crippen LogP contribution in [-0.4, -0.2) is 12.1 Å². The van der Waals surface area contributed by atoms with Gasteiger partial charge in [0, 0.05) is 11.8 Å². The Hall–Kier alpha value is -2.61. The van der Waals surface area contributed by atoms with Gasteiger partial charge in [0.15, 0.2) is 0 Å². The molecular formula is C20H19NO. The molecule has 2 nitrogen and oxygen atoms in total. The molecule has 0 radical (unpaired) electrons. The molecule has 3 rings (SSSR count). The fourth-order valence-corrected chi connectivity index (χ4v) is 2.50. The monoisotopic (exact) mass is 289 g/mol. The molecule has 0 aliphatic heterocycles. The molecule has 0 bridgehead atoms. The maximum atomic E-state index is 5.19. The van der Waals surface area contributed by atoms with Crippen molar-refractivity contribution in [3.05, 3.63) is 84.1 Å². The first-order chi connectivity index (χ1) is 10.8. The van der Waals surface area contributed by atoms with Crippen molar-refractivity contribution in [1.82, 2.24) is 4.98 Å². The second-order valence-electron chi connectivity index (χ2n) is 5.26. The number of ether oxygens (including phenoxy) is 1. The van der Waals surface area contributed by atoms with Crippen LogP contribution < -0.4 is 4.74 Å². The van der Waals surface area contributed by atoms with Gasteiger partial charge in [0.05, 0.1) is 12.8 Å². The highest BCUT2D eigenvalue weighted by Gasteiger charge is 2.01. The summed E-state index contributed by atoms with van der Waals surface area (Å²) in [6.45, 7) is 0. The van der Waals surface area contributed by atoms with E-state index < -0.39 is 0 Å². The molecule has 3 aromatic rings. The molecule has 0 spiro atoms. The van der Waals surface area contributed by atoms with Gasteiger partial charge in [0.1, 0.15) is 5.75 Å². The maximum absolute atomic E-state index is 5.19. The van der Waals surface area contributed by atoms with Crippen molar-refractivity contribution >= 4 is 0 Å². The van der Waals surface area contributed by atoms with Gasteiger partial charge in [-0.1, -0.05) is 36.4 Å². The number of pyridine rings is 1. The summed E-state index contributed by atoms with van der Waals surface area (Å²) in [5.41, 5.74) is 4.85. The van der Waals surface area contributed by atoms with Crippen molar-refractivity contribution in [1.29, 1.82) is 0 Å². The smallest absolute Gasteiger partial charge is 0.118 e. The van der Waals surface area contributed by atoms with Crippen LogP contribution >= 0.6 is 0 Å². The summed E-state index contributed by atoms with van der Waals surface area (Å²) in [4.78, 5) is 4.41. The van der Waals surface area contributed by atoms with Crippen molar-refractivity contribution in [2.24, 2.45) is 0 Å². The average molecular weight is 289 g/mol. The fourth-order valence-electron chi connectivity index (χ4n) is 2.50. The van der Waals surface area contributed by atoms with Crippen LogP contribution in [-0.2, 0) is 12.8 Å². The summed E-state index contributed by atoms with van der Waals surface area (Å²) < 4.78 is 5.19. The zero-order valence-electron chi connectivity index (χ0n) is 12.7. The number of methoxy groups -OCH3 is 1. The SMILES string of the molecule is COc1ccc(CCc2cccc(-c3ccccn3)c2)cc1. The molecule has 0 atom stereocenters. The van der Waals surface area contributed by atoms with E-state index in [2.05, 4.69) is 41.4 Å². The molecule has 0 aliphatic rings. The van der Waals surface area contributed by atoms with E-state index in [0.717, 1.165) is 24.3 Å². The number of nitrogens with zero attached hydrogens (tertiary/aromatic N) is 1. The van der Waals surface area contributed by atoms with Crippen LogP contribution in [0.4, 0.5) is 0 Å². The average Bonchev–Trinajstić information content (AvgIpc) is 2.61. The molecule has 1 heterocycles. The van der Waals surface area contributed by atoms with Crippen molar-refractivity contribution in [2.45, 2.75) is 12.8 Å². The highest BCUT2D eigenvalue weighted by Crippen LogP contribution is 2.19. The minimum atomic E-state index is 0.904. The third-order valence-electron chi connectivity index (χ3n) is 3.75. The standard InChI is InChI=1S/C20H19NO/c1-22-19-12-10-16(11-13-19)8-9-17-5-4-6-18(15-17)20-7-2-3-14-21-20/h2-7,10-15H,8-9H2,1H3. The van der Waals surface area contributed by atoms with Gasteiger partial charge >= 0.3 is 0 Å². The summed E-state index contributed by atoms with van der Waals surface area (Å²) in [5.74, 6) is 0.904. The van der Waals surface area contributed by atoms with Gasteiger partial charge < -0.3 is 4.74 Å². The molecule has 0 N–H and O–H groups in total. The van der Waals surface area contributed by atoms with Crippen molar-refractivity contribution in [2.75, 3.05) is 7.11 Å². The van der Waals surface area contributed by atoms with E-state index in [1.165, 1.54) is 16.7 Å². The Morgan fingerprint density at radius 3 is 2.36 bits per heavy atom. The van der Waals surface area contributed by atoms with Gasteiger partial charge in [-0.15, -0.1) is 0 Å². The predicted octanol–water partition coefficient (Wildman–Crippen LogP) is 4.54. The molecule has 0 saturated heterocycles. The zero-order chi connectivity index (χ0) is 15.2. The third kappa shape index (κ3) is 3.53. The van der Waals surface area contributed by atoms with Crippen molar-refractivity contribution < 1.29 is 4.74 Å². The Morgan fingerprint density at radius 2 is 1.64 bits per heavy atom. The van der Waals surface area contributed by atoms with Crippen molar-refractivity contribution in [3.63, 3.8) is 0 Å². The molecule has 1 aromatic heterocycles. The number of aromatic nitrogens is 1. The molecule has 0 aliphatic carbocycles. The van der Waals surface area contributed by atoms with Crippen LogP contribution in [0.5, 0.6) is 5.75 Å². The van der Waals surface area contributed by atoms with E-state index >= 15 is 0 Å². The highest BCUT2D eigenvalue weighted by atomic mass is 16.5. The van der Waals surface area contributed by atoms with Crippen LogP contribution in [0.1, 0.15) is 11.1 Å². The number of aryl methyl sites for hydroxylation is 2. The van der Waals surface area contributed by atoms with Gasteiger partial charge in [-0.2, -0.15) is 0 Å². The van der Waals surface area contributed by atoms with Gasteiger partial charge in [-0.05, 0) is 54.3 Å². The number of hydrogen-bond acceptors (Lipinski definition) is 2. The Bertz CT molecular complexity index is 720. The van der Waals surface area contributed by atoms with E-state index in [1.54, 1.807) is 7.11 Å². The van der Waals surface area contributed by atoms with E-state index in [0.29, 0.717) is 0 Å². The largest absolute Gasteiger partial charge is 0.497 e. The Balaban J connectivity index is 1.70.